The molecule has 0 aliphatic heterocycles. The van der Waals surface area contributed by atoms with E-state index in [4.69, 9.17) is 11.6 Å². The first kappa shape index (κ1) is 24.6. The van der Waals surface area contributed by atoms with Gasteiger partial charge in [-0.2, -0.15) is 0 Å². The Kier molecular flexibility index (Phi) is 6.85. The van der Waals surface area contributed by atoms with Crippen LogP contribution in [0.3, 0.4) is 0 Å². The zero-order valence-corrected chi connectivity index (χ0v) is 20.4. The highest BCUT2D eigenvalue weighted by Gasteiger charge is 2.15. The Balaban J connectivity index is 1.64. The number of rotatable bonds is 7. The molecule has 0 aliphatic carbocycles. The minimum atomic E-state index is -1.08. The molecule has 0 amide bonds. The van der Waals surface area contributed by atoms with Gasteiger partial charge in [0, 0.05) is 47.8 Å². The van der Waals surface area contributed by atoms with Crippen molar-refractivity contribution in [1.29, 1.82) is 0 Å². The van der Waals surface area contributed by atoms with Crippen molar-refractivity contribution in [3.8, 4) is 11.5 Å². The topological polar surface area (TPSA) is 97.1 Å². The predicted octanol–water partition coefficient (Wildman–Crippen LogP) is 6.44. The van der Waals surface area contributed by atoms with Gasteiger partial charge in [-0.15, -0.1) is 0 Å². The number of anilines is 4. The van der Waals surface area contributed by atoms with Crippen LogP contribution in [0.5, 0.6) is 11.5 Å². The maximum atomic E-state index is 11.8. The van der Waals surface area contributed by atoms with Gasteiger partial charge in [0.25, 0.3) is 0 Å². The summed E-state index contributed by atoms with van der Waals surface area (Å²) in [5, 5.41) is 29.8. The minimum Gasteiger partial charge on any atom is -0.504 e. The predicted molar refractivity (Wildman–Crippen MR) is 143 cm³/mol. The number of aromatic nitrogens is 1. The fraction of sp³-hybridized carbons (Fsp3) is 0.0714. The van der Waals surface area contributed by atoms with Gasteiger partial charge in [0.1, 0.15) is 0 Å². The largest absolute Gasteiger partial charge is 0.504 e. The fourth-order valence-corrected chi connectivity index (χ4v) is 3.82. The Bertz CT molecular complexity index is 1440. The summed E-state index contributed by atoms with van der Waals surface area (Å²) in [6, 6.07) is 20.5. The van der Waals surface area contributed by atoms with Crippen LogP contribution in [0.2, 0.25) is 5.02 Å². The molecule has 0 spiro atoms. The zero-order chi connectivity index (χ0) is 26.0. The minimum absolute atomic E-state index is 0.0811. The number of aromatic hydroxyl groups is 2. The molecule has 4 aromatic rings. The van der Waals surface area contributed by atoms with Crippen LogP contribution in [-0.4, -0.2) is 40.4 Å². The van der Waals surface area contributed by atoms with Crippen LogP contribution in [0.4, 0.5) is 22.7 Å². The maximum Gasteiger partial charge on any atom is 0.335 e. The van der Waals surface area contributed by atoms with Gasteiger partial charge in [0.05, 0.1) is 23.1 Å². The molecule has 0 radical (unpaired) electrons. The number of benzene rings is 3. The Morgan fingerprint density at radius 1 is 0.778 bits per heavy atom. The van der Waals surface area contributed by atoms with Crippen molar-refractivity contribution in [2.45, 2.75) is 0 Å². The number of carboxylic acids is 1. The van der Waals surface area contributed by atoms with Crippen molar-refractivity contribution in [2.24, 2.45) is 0 Å². The van der Waals surface area contributed by atoms with Gasteiger partial charge < -0.3 is 25.1 Å². The lowest BCUT2D eigenvalue weighted by molar-refractivity contribution is 0.0697. The molecule has 36 heavy (non-hydrogen) atoms. The van der Waals surface area contributed by atoms with Crippen LogP contribution in [0.25, 0.3) is 5.57 Å². The molecule has 0 bridgehead atoms. The van der Waals surface area contributed by atoms with Crippen molar-refractivity contribution in [3.63, 3.8) is 0 Å². The SMILES string of the molecule is C=C(c1cc(C(=O)O)cc(N(C)c2ccc(O)c(O)c2)c1)c1ccc(N(C)c2ccc(Cl)cc2)cn1. The van der Waals surface area contributed by atoms with Gasteiger partial charge in [0.15, 0.2) is 11.5 Å². The summed E-state index contributed by atoms with van der Waals surface area (Å²) in [7, 11) is 3.66. The van der Waals surface area contributed by atoms with Crippen molar-refractivity contribution in [1.82, 2.24) is 4.98 Å². The molecular formula is C28H24ClN3O4. The van der Waals surface area contributed by atoms with E-state index in [0.29, 0.717) is 33.2 Å². The van der Waals surface area contributed by atoms with Gasteiger partial charge in [-0.05, 0) is 72.3 Å². The van der Waals surface area contributed by atoms with Crippen LogP contribution in [-0.2, 0) is 0 Å². The number of pyridine rings is 1. The van der Waals surface area contributed by atoms with E-state index in [9.17, 15) is 20.1 Å². The number of phenolic OH excluding ortho intramolecular Hbond substituents is 2. The second-order valence-electron chi connectivity index (χ2n) is 8.22. The van der Waals surface area contributed by atoms with Gasteiger partial charge >= 0.3 is 5.97 Å². The molecule has 8 heteroatoms. The van der Waals surface area contributed by atoms with E-state index >= 15 is 0 Å². The normalized spacial score (nSPS) is 10.6. The fourth-order valence-electron chi connectivity index (χ4n) is 3.70. The third kappa shape index (κ3) is 5.11. The Morgan fingerprint density at radius 2 is 1.39 bits per heavy atom. The Hall–Kier alpha value is -4.49. The third-order valence-electron chi connectivity index (χ3n) is 5.91. The molecule has 0 saturated heterocycles. The molecule has 7 nitrogen and oxygen atoms in total. The molecule has 4 rings (SSSR count). The third-order valence-corrected chi connectivity index (χ3v) is 6.16. The van der Waals surface area contributed by atoms with Crippen LogP contribution in [0, 0.1) is 0 Å². The zero-order valence-electron chi connectivity index (χ0n) is 19.7. The summed E-state index contributed by atoms with van der Waals surface area (Å²) < 4.78 is 0. The van der Waals surface area contributed by atoms with Crippen LogP contribution < -0.4 is 9.80 Å². The smallest absolute Gasteiger partial charge is 0.335 e. The summed E-state index contributed by atoms with van der Waals surface area (Å²) in [6.07, 6.45) is 1.72. The number of halogens is 1. The number of hydrogen-bond acceptors (Lipinski definition) is 6. The number of phenols is 2. The van der Waals surface area contributed by atoms with E-state index in [1.165, 1.54) is 18.2 Å². The molecular weight excluding hydrogens is 478 g/mol. The molecule has 1 heterocycles. The highest BCUT2D eigenvalue weighted by molar-refractivity contribution is 6.30. The van der Waals surface area contributed by atoms with E-state index in [1.54, 1.807) is 36.3 Å². The van der Waals surface area contributed by atoms with Crippen LogP contribution in [0.15, 0.2) is 85.6 Å². The molecule has 0 atom stereocenters. The summed E-state index contributed by atoms with van der Waals surface area (Å²) >= 11 is 5.98. The van der Waals surface area contributed by atoms with E-state index in [-0.39, 0.29) is 17.1 Å². The molecule has 0 unspecified atom stereocenters. The lowest BCUT2D eigenvalue weighted by atomic mass is 9.99. The summed E-state index contributed by atoms with van der Waals surface area (Å²) in [5.41, 5.74) is 4.77. The van der Waals surface area contributed by atoms with Crippen molar-refractivity contribution >= 4 is 45.9 Å². The number of aromatic carboxylic acids is 1. The molecule has 0 saturated carbocycles. The van der Waals surface area contributed by atoms with E-state index in [1.807, 2.05) is 48.3 Å². The highest BCUT2D eigenvalue weighted by Crippen LogP contribution is 2.34. The van der Waals surface area contributed by atoms with Gasteiger partial charge in [-0.1, -0.05) is 18.2 Å². The summed E-state index contributed by atoms with van der Waals surface area (Å²) in [4.78, 5) is 20.1. The first-order chi connectivity index (χ1) is 17.1. The van der Waals surface area contributed by atoms with Gasteiger partial charge in [0.2, 0.25) is 0 Å². The average molecular weight is 502 g/mol. The molecule has 0 aliphatic rings. The molecule has 3 aromatic carbocycles. The first-order valence-electron chi connectivity index (χ1n) is 10.9. The molecule has 3 N–H and O–H groups in total. The van der Waals surface area contributed by atoms with Gasteiger partial charge in [-0.3, -0.25) is 4.98 Å². The average Bonchev–Trinajstić information content (AvgIpc) is 2.89. The van der Waals surface area contributed by atoms with Crippen LogP contribution >= 0.6 is 11.6 Å². The first-order valence-corrected chi connectivity index (χ1v) is 11.3. The Morgan fingerprint density at radius 3 is 2.00 bits per heavy atom. The standard InChI is InChI=1S/C28H24ClN3O4/c1-17(25-10-8-23(16-30-25)31(2)21-6-4-20(29)5-7-21)18-12-19(28(35)36)14-24(13-18)32(3)22-9-11-26(33)27(34)15-22/h4-16,33-34H,1H2,2-3H3,(H,35,36). The van der Waals surface area contributed by atoms with Crippen LogP contribution in [0.1, 0.15) is 21.6 Å². The van der Waals surface area contributed by atoms with Gasteiger partial charge in [-0.25, -0.2) is 4.79 Å². The Labute approximate surface area is 213 Å². The lowest BCUT2D eigenvalue weighted by Crippen LogP contribution is -2.11. The molecule has 182 valence electrons. The molecule has 1 aromatic heterocycles. The number of carboxylic acid groups (broad SMARTS) is 1. The van der Waals surface area contributed by atoms with Crippen molar-refractivity contribution in [3.05, 3.63) is 107 Å². The molecule has 0 fully saturated rings. The summed E-state index contributed by atoms with van der Waals surface area (Å²) in [6.45, 7) is 4.16. The van der Waals surface area contributed by atoms with E-state index < -0.39 is 5.97 Å². The quantitative estimate of drug-likeness (QED) is 0.251. The second-order valence-corrected chi connectivity index (χ2v) is 8.66. The van der Waals surface area contributed by atoms with Crippen molar-refractivity contribution < 1.29 is 20.1 Å². The number of nitrogens with zero attached hydrogens (tertiary/aromatic N) is 3. The monoisotopic (exact) mass is 501 g/mol. The second kappa shape index (κ2) is 10.0. The lowest BCUT2D eigenvalue weighted by Gasteiger charge is -2.22. The van der Waals surface area contributed by atoms with E-state index in [0.717, 1.165) is 11.4 Å². The summed E-state index contributed by atoms with van der Waals surface area (Å²) in [5.74, 6) is -1.59. The number of carbonyl (C=O) groups is 1. The van der Waals surface area contributed by atoms with E-state index in [2.05, 4.69) is 11.6 Å². The maximum absolute atomic E-state index is 11.8. The number of hydrogen-bond donors (Lipinski definition) is 3. The van der Waals surface area contributed by atoms with Crippen molar-refractivity contribution in [2.75, 3.05) is 23.9 Å². The highest BCUT2D eigenvalue weighted by atomic mass is 35.5.